The summed E-state index contributed by atoms with van der Waals surface area (Å²) in [6, 6.07) is 12.2. The molecule has 3 nitrogen and oxygen atoms in total. The summed E-state index contributed by atoms with van der Waals surface area (Å²) in [6.45, 7) is 2.75. The Bertz CT molecular complexity index is 757. The number of rotatable bonds is 5. The first-order chi connectivity index (χ1) is 10.3. The number of hydrogen-bond acceptors (Lipinski definition) is 2. The van der Waals surface area contributed by atoms with Gasteiger partial charge in [-0.15, -0.1) is 11.3 Å². The van der Waals surface area contributed by atoms with Gasteiger partial charge in [-0.1, -0.05) is 25.1 Å². The number of aromatic amines is 1. The summed E-state index contributed by atoms with van der Waals surface area (Å²) in [6.07, 6.45) is 3.84. The van der Waals surface area contributed by atoms with Crippen LogP contribution in [0.15, 0.2) is 42.6 Å². The molecule has 0 saturated heterocycles. The molecule has 4 heteroatoms. The lowest BCUT2D eigenvalue weighted by atomic mass is 10.1. The minimum atomic E-state index is 0.0274. The number of aryl methyl sites for hydroxylation is 1. The van der Waals surface area contributed by atoms with E-state index in [1.54, 1.807) is 11.3 Å². The first kappa shape index (κ1) is 13.9. The number of fused-ring (bicyclic) bond motifs is 1. The summed E-state index contributed by atoms with van der Waals surface area (Å²) in [4.78, 5) is 17.4. The molecule has 2 heterocycles. The first-order valence-corrected chi connectivity index (χ1v) is 8.01. The van der Waals surface area contributed by atoms with Crippen LogP contribution >= 0.6 is 11.3 Å². The van der Waals surface area contributed by atoms with Gasteiger partial charge < -0.3 is 10.3 Å². The smallest absolute Gasteiger partial charge is 0.261 e. The maximum absolute atomic E-state index is 12.1. The van der Waals surface area contributed by atoms with Crippen LogP contribution in [0.25, 0.3) is 10.9 Å². The number of nitrogens with one attached hydrogen (secondary N) is 2. The molecule has 1 aromatic carbocycles. The molecule has 3 aromatic rings. The molecular formula is C17H18N2OS. The van der Waals surface area contributed by atoms with E-state index < -0.39 is 0 Å². The number of carbonyl (C=O) groups excluding carboxylic acids is 1. The second-order valence-corrected chi connectivity index (χ2v) is 6.15. The fourth-order valence-corrected chi connectivity index (χ4v) is 3.29. The van der Waals surface area contributed by atoms with Gasteiger partial charge in [0.25, 0.3) is 5.91 Å². The molecule has 0 aliphatic carbocycles. The van der Waals surface area contributed by atoms with Crippen LogP contribution in [0.3, 0.4) is 0 Å². The van der Waals surface area contributed by atoms with Crippen molar-refractivity contribution in [3.63, 3.8) is 0 Å². The van der Waals surface area contributed by atoms with E-state index in [9.17, 15) is 4.79 Å². The van der Waals surface area contributed by atoms with E-state index in [2.05, 4.69) is 29.4 Å². The fourth-order valence-electron chi connectivity index (χ4n) is 2.43. The van der Waals surface area contributed by atoms with Crippen molar-refractivity contribution in [1.82, 2.24) is 10.3 Å². The lowest BCUT2D eigenvalue weighted by molar-refractivity contribution is 0.0958. The summed E-state index contributed by atoms with van der Waals surface area (Å²) in [7, 11) is 0. The van der Waals surface area contributed by atoms with Gasteiger partial charge in [-0.3, -0.25) is 4.79 Å². The molecule has 2 N–H and O–H groups in total. The largest absolute Gasteiger partial charge is 0.361 e. The van der Waals surface area contributed by atoms with Crippen molar-refractivity contribution in [3.05, 3.63) is 57.9 Å². The third-order valence-electron chi connectivity index (χ3n) is 3.59. The van der Waals surface area contributed by atoms with E-state index in [1.807, 2.05) is 30.5 Å². The molecule has 3 rings (SSSR count). The summed E-state index contributed by atoms with van der Waals surface area (Å²) < 4.78 is 0. The van der Waals surface area contributed by atoms with Crippen LogP contribution in [0.2, 0.25) is 0 Å². The molecule has 21 heavy (non-hydrogen) atoms. The average Bonchev–Trinajstić information content (AvgIpc) is 3.14. The highest BCUT2D eigenvalue weighted by molar-refractivity contribution is 7.14. The summed E-state index contributed by atoms with van der Waals surface area (Å²) in [5.41, 5.74) is 2.39. The van der Waals surface area contributed by atoms with Gasteiger partial charge >= 0.3 is 0 Å². The van der Waals surface area contributed by atoms with Gasteiger partial charge in [0.1, 0.15) is 0 Å². The molecule has 0 radical (unpaired) electrons. The Balaban J connectivity index is 1.59. The Morgan fingerprint density at radius 1 is 1.24 bits per heavy atom. The highest BCUT2D eigenvalue weighted by atomic mass is 32.1. The molecule has 0 fully saturated rings. The Morgan fingerprint density at radius 2 is 2.10 bits per heavy atom. The summed E-state index contributed by atoms with van der Waals surface area (Å²) in [5, 5.41) is 4.23. The lowest BCUT2D eigenvalue weighted by Gasteiger charge is -2.03. The van der Waals surface area contributed by atoms with Crippen molar-refractivity contribution in [2.24, 2.45) is 0 Å². The number of thiophene rings is 1. The van der Waals surface area contributed by atoms with E-state index >= 15 is 0 Å². The SMILES string of the molecule is CCc1ccc(C(=O)NCCc2c[nH]c3ccccc23)s1. The number of benzene rings is 1. The number of amides is 1. The number of carbonyl (C=O) groups is 1. The molecule has 0 atom stereocenters. The number of aromatic nitrogens is 1. The molecule has 0 aliphatic rings. The van der Waals surface area contributed by atoms with Crippen molar-refractivity contribution in [3.8, 4) is 0 Å². The molecular weight excluding hydrogens is 280 g/mol. The molecule has 0 aliphatic heterocycles. The summed E-state index contributed by atoms with van der Waals surface area (Å²) in [5.74, 6) is 0.0274. The van der Waals surface area contributed by atoms with Crippen LogP contribution in [0.5, 0.6) is 0 Å². The lowest BCUT2D eigenvalue weighted by Crippen LogP contribution is -2.24. The number of H-pyrrole nitrogens is 1. The molecule has 108 valence electrons. The maximum Gasteiger partial charge on any atom is 0.261 e. The second kappa shape index (κ2) is 6.14. The van der Waals surface area contributed by atoms with Crippen molar-refractivity contribution in [1.29, 1.82) is 0 Å². The van der Waals surface area contributed by atoms with Crippen LogP contribution in [0.4, 0.5) is 0 Å². The van der Waals surface area contributed by atoms with Gasteiger partial charge in [0, 0.05) is 28.5 Å². The highest BCUT2D eigenvalue weighted by Crippen LogP contribution is 2.18. The van der Waals surface area contributed by atoms with Crippen molar-refractivity contribution >= 4 is 28.1 Å². The molecule has 0 spiro atoms. The van der Waals surface area contributed by atoms with Crippen molar-refractivity contribution < 1.29 is 4.79 Å². The van der Waals surface area contributed by atoms with Crippen molar-refractivity contribution in [2.75, 3.05) is 6.54 Å². The van der Waals surface area contributed by atoms with Gasteiger partial charge in [-0.2, -0.15) is 0 Å². The molecule has 1 amide bonds. The Morgan fingerprint density at radius 3 is 2.90 bits per heavy atom. The third-order valence-corrected chi connectivity index (χ3v) is 4.82. The molecule has 0 unspecified atom stereocenters. The van der Waals surface area contributed by atoms with Crippen LogP contribution in [-0.2, 0) is 12.8 Å². The number of para-hydroxylation sites is 1. The Labute approximate surface area is 128 Å². The predicted octanol–water partition coefficient (Wildman–Crippen LogP) is 3.76. The second-order valence-electron chi connectivity index (χ2n) is 4.98. The van der Waals surface area contributed by atoms with Gasteiger partial charge in [-0.05, 0) is 36.6 Å². The minimum absolute atomic E-state index is 0.0274. The van der Waals surface area contributed by atoms with Crippen LogP contribution in [-0.4, -0.2) is 17.4 Å². The van der Waals surface area contributed by atoms with E-state index in [4.69, 9.17) is 0 Å². The van der Waals surface area contributed by atoms with Gasteiger partial charge in [0.05, 0.1) is 4.88 Å². The molecule has 0 saturated carbocycles. The maximum atomic E-state index is 12.1. The average molecular weight is 298 g/mol. The van der Waals surface area contributed by atoms with Gasteiger partial charge in [0.2, 0.25) is 0 Å². The Hall–Kier alpha value is -2.07. The fraction of sp³-hybridized carbons (Fsp3) is 0.235. The summed E-state index contributed by atoms with van der Waals surface area (Å²) >= 11 is 1.57. The van der Waals surface area contributed by atoms with Crippen molar-refractivity contribution in [2.45, 2.75) is 19.8 Å². The quantitative estimate of drug-likeness (QED) is 0.740. The number of hydrogen-bond donors (Lipinski definition) is 2. The van der Waals surface area contributed by atoms with Gasteiger partial charge in [0.15, 0.2) is 0 Å². The molecule has 2 aromatic heterocycles. The van der Waals surface area contributed by atoms with E-state index in [0.29, 0.717) is 6.54 Å². The highest BCUT2D eigenvalue weighted by Gasteiger charge is 2.09. The zero-order valence-corrected chi connectivity index (χ0v) is 12.8. The minimum Gasteiger partial charge on any atom is -0.361 e. The predicted molar refractivity (Wildman–Crippen MR) is 88.0 cm³/mol. The standard InChI is InChI=1S/C17H18N2OS/c1-2-13-7-8-16(21-13)17(20)18-10-9-12-11-19-15-6-4-3-5-14(12)15/h3-8,11,19H,2,9-10H2,1H3,(H,18,20). The monoisotopic (exact) mass is 298 g/mol. The third kappa shape index (κ3) is 3.00. The van der Waals surface area contributed by atoms with E-state index in [1.165, 1.54) is 15.8 Å². The topological polar surface area (TPSA) is 44.9 Å². The zero-order valence-electron chi connectivity index (χ0n) is 12.0. The van der Waals surface area contributed by atoms with Gasteiger partial charge in [-0.25, -0.2) is 0 Å². The van der Waals surface area contributed by atoms with Crippen LogP contribution < -0.4 is 5.32 Å². The van der Waals surface area contributed by atoms with E-state index in [0.717, 1.165) is 23.2 Å². The normalized spacial score (nSPS) is 10.9. The van der Waals surface area contributed by atoms with E-state index in [-0.39, 0.29) is 5.91 Å². The molecule has 0 bridgehead atoms. The zero-order chi connectivity index (χ0) is 14.7. The van der Waals surface area contributed by atoms with Crippen LogP contribution in [0, 0.1) is 0 Å². The van der Waals surface area contributed by atoms with Crippen LogP contribution in [0.1, 0.15) is 27.0 Å². The first-order valence-electron chi connectivity index (χ1n) is 7.20. The Kier molecular flexibility index (Phi) is 4.06.